The van der Waals surface area contributed by atoms with Crippen LogP contribution in [0.25, 0.3) is 10.8 Å². The van der Waals surface area contributed by atoms with Gasteiger partial charge < -0.3 is 0 Å². The highest BCUT2D eigenvalue weighted by Crippen LogP contribution is 2.24. The van der Waals surface area contributed by atoms with E-state index in [-0.39, 0.29) is 9.92 Å². The number of rotatable bonds is 2. The summed E-state index contributed by atoms with van der Waals surface area (Å²) in [5, 5.41) is 6.48. The third-order valence-electron chi connectivity index (χ3n) is 3.25. The standard InChI is InChI=1S/C15H12N2O3S/c1-10-6-8-11(9-7-10)21(19,20)15-13-5-3-2-4-12(13)14(18)16-17-15/h2-9H,1H3,(H,16,18). The smallest absolute Gasteiger partial charge is 0.267 e. The second-order valence-corrected chi connectivity index (χ2v) is 6.58. The molecule has 2 aromatic carbocycles. The second-order valence-electron chi connectivity index (χ2n) is 4.72. The largest absolute Gasteiger partial charge is 0.272 e. The molecule has 0 fully saturated rings. The van der Waals surface area contributed by atoms with E-state index in [9.17, 15) is 13.2 Å². The maximum absolute atomic E-state index is 12.7. The van der Waals surface area contributed by atoms with Crippen LogP contribution in [-0.2, 0) is 9.84 Å². The molecule has 0 bridgehead atoms. The van der Waals surface area contributed by atoms with Gasteiger partial charge >= 0.3 is 0 Å². The van der Waals surface area contributed by atoms with E-state index in [2.05, 4.69) is 10.2 Å². The zero-order valence-corrected chi connectivity index (χ0v) is 12.0. The lowest BCUT2D eigenvalue weighted by Crippen LogP contribution is -2.14. The molecule has 3 aromatic rings. The van der Waals surface area contributed by atoms with Gasteiger partial charge in [0.2, 0.25) is 9.84 Å². The highest BCUT2D eigenvalue weighted by molar-refractivity contribution is 7.91. The molecule has 3 rings (SSSR count). The van der Waals surface area contributed by atoms with Crippen LogP contribution in [0.5, 0.6) is 0 Å². The van der Waals surface area contributed by atoms with Crippen molar-refractivity contribution in [2.75, 3.05) is 0 Å². The van der Waals surface area contributed by atoms with Gasteiger partial charge in [-0.25, -0.2) is 13.5 Å². The van der Waals surface area contributed by atoms with Crippen molar-refractivity contribution in [2.45, 2.75) is 16.8 Å². The van der Waals surface area contributed by atoms with Gasteiger partial charge in [-0.05, 0) is 25.1 Å². The van der Waals surface area contributed by atoms with Crippen molar-refractivity contribution in [3.05, 3.63) is 64.4 Å². The van der Waals surface area contributed by atoms with Crippen LogP contribution in [0.1, 0.15) is 5.56 Å². The first kappa shape index (κ1) is 13.5. The predicted molar refractivity (Wildman–Crippen MR) is 79.0 cm³/mol. The first-order chi connectivity index (χ1) is 10.00. The van der Waals surface area contributed by atoms with Gasteiger partial charge in [0.1, 0.15) is 0 Å². The lowest BCUT2D eigenvalue weighted by atomic mass is 10.2. The van der Waals surface area contributed by atoms with Gasteiger partial charge in [0.15, 0.2) is 5.03 Å². The molecule has 0 spiro atoms. The summed E-state index contributed by atoms with van der Waals surface area (Å²) in [5.74, 6) is 0. The maximum Gasteiger partial charge on any atom is 0.272 e. The van der Waals surface area contributed by atoms with Crippen LogP contribution >= 0.6 is 0 Å². The Kier molecular flexibility index (Phi) is 3.10. The van der Waals surface area contributed by atoms with Gasteiger partial charge in [-0.2, -0.15) is 5.10 Å². The Labute approximate surface area is 121 Å². The maximum atomic E-state index is 12.7. The average Bonchev–Trinajstić information content (AvgIpc) is 2.48. The molecule has 5 nitrogen and oxygen atoms in total. The third kappa shape index (κ3) is 2.23. The molecule has 0 aliphatic rings. The zero-order chi connectivity index (χ0) is 15.0. The summed E-state index contributed by atoms with van der Waals surface area (Å²) in [4.78, 5) is 11.9. The summed E-state index contributed by atoms with van der Waals surface area (Å²) < 4.78 is 25.4. The zero-order valence-electron chi connectivity index (χ0n) is 11.2. The van der Waals surface area contributed by atoms with Gasteiger partial charge in [0, 0.05) is 5.39 Å². The van der Waals surface area contributed by atoms with Crippen LogP contribution in [-0.4, -0.2) is 18.6 Å². The van der Waals surface area contributed by atoms with E-state index in [0.29, 0.717) is 10.8 Å². The molecule has 0 saturated carbocycles. The van der Waals surface area contributed by atoms with E-state index >= 15 is 0 Å². The Bertz CT molecular complexity index is 974. The molecule has 1 heterocycles. The number of aryl methyl sites for hydroxylation is 1. The number of sulfone groups is 1. The number of benzene rings is 2. The monoisotopic (exact) mass is 300 g/mol. The highest BCUT2D eigenvalue weighted by atomic mass is 32.2. The fourth-order valence-electron chi connectivity index (χ4n) is 2.12. The van der Waals surface area contributed by atoms with E-state index in [4.69, 9.17) is 0 Å². The van der Waals surface area contributed by atoms with Crippen molar-refractivity contribution in [3.63, 3.8) is 0 Å². The molecular formula is C15H12N2O3S. The number of fused-ring (bicyclic) bond motifs is 1. The van der Waals surface area contributed by atoms with Crippen LogP contribution in [0.4, 0.5) is 0 Å². The van der Waals surface area contributed by atoms with Gasteiger partial charge in [0.05, 0.1) is 10.3 Å². The van der Waals surface area contributed by atoms with Crippen LogP contribution in [0.2, 0.25) is 0 Å². The fraction of sp³-hybridized carbons (Fsp3) is 0.0667. The SMILES string of the molecule is Cc1ccc(S(=O)(=O)c2n[nH]c(=O)c3ccccc23)cc1. The number of aromatic amines is 1. The number of hydrogen-bond donors (Lipinski definition) is 1. The molecule has 0 amide bonds. The molecule has 0 unspecified atom stereocenters. The normalized spacial score (nSPS) is 11.7. The first-order valence-corrected chi connectivity index (χ1v) is 7.77. The van der Waals surface area contributed by atoms with E-state index in [1.807, 2.05) is 6.92 Å². The lowest BCUT2D eigenvalue weighted by Gasteiger charge is -2.06. The van der Waals surface area contributed by atoms with E-state index in [1.165, 1.54) is 12.1 Å². The Morgan fingerprint density at radius 1 is 0.952 bits per heavy atom. The van der Waals surface area contributed by atoms with Gasteiger partial charge in [-0.15, -0.1) is 0 Å². The molecule has 0 aliphatic heterocycles. The second kappa shape index (κ2) is 4.82. The number of nitrogens with one attached hydrogen (secondary N) is 1. The molecule has 106 valence electrons. The number of hydrogen-bond acceptors (Lipinski definition) is 4. The molecule has 0 radical (unpaired) electrons. The van der Waals surface area contributed by atoms with Crippen molar-refractivity contribution < 1.29 is 8.42 Å². The minimum absolute atomic E-state index is 0.137. The summed E-state index contributed by atoms with van der Waals surface area (Å²) in [6, 6.07) is 13.0. The Morgan fingerprint density at radius 3 is 2.24 bits per heavy atom. The molecular weight excluding hydrogens is 288 g/mol. The number of aromatic nitrogens is 2. The molecule has 6 heteroatoms. The molecule has 0 saturated heterocycles. The summed E-state index contributed by atoms with van der Waals surface area (Å²) >= 11 is 0. The minimum atomic E-state index is -3.78. The van der Waals surface area contributed by atoms with Crippen molar-refractivity contribution >= 4 is 20.6 Å². The number of nitrogens with zero attached hydrogens (tertiary/aromatic N) is 1. The highest BCUT2D eigenvalue weighted by Gasteiger charge is 2.23. The Morgan fingerprint density at radius 2 is 1.57 bits per heavy atom. The summed E-state index contributed by atoms with van der Waals surface area (Å²) in [6.45, 7) is 1.88. The van der Waals surface area contributed by atoms with Crippen molar-refractivity contribution in [2.24, 2.45) is 0 Å². The Hall–Kier alpha value is -2.47. The molecule has 0 atom stereocenters. The van der Waals surface area contributed by atoms with E-state index in [0.717, 1.165) is 5.56 Å². The molecule has 0 aliphatic carbocycles. The molecule has 1 N–H and O–H groups in total. The summed E-state index contributed by atoms with van der Waals surface area (Å²) in [7, 11) is -3.78. The molecule has 1 aromatic heterocycles. The predicted octanol–water partition coefficient (Wildman–Crippen LogP) is 2.06. The average molecular weight is 300 g/mol. The third-order valence-corrected chi connectivity index (χ3v) is 4.96. The van der Waals surface area contributed by atoms with Gasteiger partial charge in [-0.1, -0.05) is 35.9 Å². The van der Waals surface area contributed by atoms with E-state index < -0.39 is 15.4 Å². The van der Waals surface area contributed by atoms with E-state index in [1.54, 1.807) is 36.4 Å². The quantitative estimate of drug-likeness (QED) is 0.785. The van der Waals surface area contributed by atoms with Crippen LogP contribution in [0, 0.1) is 6.92 Å². The van der Waals surface area contributed by atoms with Crippen molar-refractivity contribution in [1.82, 2.24) is 10.2 Å². The number of H-pyrrole nitrogens is 1. The van der Waals surface area contributed by atoms with Gasteiger partial charge in [-0.3, -0.25) is 4.79 Å². The van der Waals surface area contributed by atoms with Crippen LogP contribution in [0.3, 0.4) is 0 Å². The Balaban J connectivity index is 2.32. The topological polar surface area (TPSA) is 79.9 Å². The first-order valence-electron chi connectivity index (χ1n) is 6.29. The van der Waals surface area contributed by atoms with Gasteiger partial charge in [0.25, 0.3) is 5.56 Å². The fourth-order valence-corrected chi connectivity index (χ4v) is 3.47. The van der Waals surface area contributed by atoms with Crippen molar-refractivity contribution in [1.29, 1.82) is 0 Å². The summed E-state index contributed by atoms with van der Waals surface area (Å²) in [5.41, 5.74) is 0.557. The van der Waals surface area contributed by atoms with Crippen LogP contribution in [0.15, 0.2) is 63.2 Å². The molecule has 21 heavy (non-hydrogen) atoms. The minimum Gasteiger partial charge on any atom is -0.267 e. The van der Waals surface area contributed by atoms with Crippen molar-refractivity contribution in [3.8, 4) is 0 Å². The summed E-state index contributed by atoms with van der Waals surface area (Å²) in [6.07, 6.45) is 0. The van der Waals surface area contributed by atoms with Crippen LogP contribution < -0.4 is 5.56 Å². The lowest BCUT2D eigenvalue weighted by molar-refractivity contribution is 0.591.